The molecule has 0 spiro atoms. The summed E-state index contributed by atoms with van der Waals surface area (Å²) in [5.41, 5.74) is 2.11. The Bertz CT molecular complexity index is 463. The van der Waals surface area contributed by atoms with Crippen molar-refractivity contribution < 1.29 is 9.53 Å². The van der Waals surface area contributed by atoms with Gasteiger partial charge in [0.1, 0.15) is 0 Å². The molecule has 0 radical (unpaired) electrons. The van der Waals surface area contributed by atoms with E-state index in [0.717, 1.165) is 30.9 Å². The molecule has 114 valence electrons. The molecule has 1 aromatic rings. The predicted molar refractivity (Wildman–Crippen MR) is 84.5 cm³/mol. The summed E-state index contributed by atoms with van der Waals surface area (Å²) in [4.78, 5) is 12.5. The number of carbonyl (C=O) groups excluding carboxylic acids is 1. The van der Waals surface area contributed by atoms with E-state index in [1.165, 1.54) is 37.7 Å². The predicted octanol–water partition coefficient (Wildman–Crippen LogP) is 4.55. The Morgan fingerprint density at radius 2 is 1.81 bits per heavy atom. The Balaban J connectivity index is 1.50. The zero-order valence-electron chi connectivity index (χ0n) is 13.0. The van der Waals surface area contributed by atoms with Gasteiger partial charge in [-0.1, -0.05) is 29.8 Å². The molecule has 0 bridgehead atoms. The molecule has 2 heteroatoms. The van der Waals surface area contributed by atoms with Crippen LogP contribution < -0.4 is 0 Å². The lowest BCUT2D eigenvalue weighted by Crippen LogP contribution is -2.24. The number of benzene rings is 1. The average molecular weight is 286 g/mol. The van der Waals surface area contributed by atoms with Crippen LogP contribution in [0.1, 0.15) is 60.9 Å². The van der Waals surface area contributed by atoms with Crippen molar-refractivity contribution in [3.05, 3.63) is 35.4 Å². The molecule has 0 aromatic heterocycles. The summed E-state index contributed by atoms with van der Waals surface area (Å²) in [6, 6.07) is 8.04. The van der Waals surface area contributed by atoms with Crippen molar-refractivity contribution in [2.75, 3.05) is 6.61 Å². The van der Waals surface area contributed by atoms with Gasteiger partial charge < -0.3 is 4.74 Å². The van der Waals surface area contributed by atoms with Crippen LogP contribution in [-0.4, -0.2) is 18.5 Å². The summed E-state index contributed by atoms with van der Waals surface area (Å²) in [5.74, 6) is 1.37. The Hall–Kier alpha value is -1.15. The third-order valence-electron chi connectivity index (χ3n) is 5.17. The number of hydrogen-bond acceptors (Lipinski definition) is 2. The molecular formula is C19H26O2. The molecule has 2 aliphatic rings. The van der Waals surface area contributed by atoms with Crippen LogP contribution in [0, 0.1) is 18.8 Å². The Kier molecular flexibility index (Phi) is 4.74. The monoisotopic (exact) mass is 286 g/mol. The van der Waals surface area contributed by atoms with Crippen LogP contribution in [0.5, 0.6) is 0 Å². The molecule has 1 aliphatic carbocycles. The first-order valence-corrected chi connectivity index (χ1v) is 8.45. The number of aryl methyl sites for hydroxylation is 1. The number of ether oxygens (including phenoxy) is 1. The Morgan fingerprint density at radius 3 is 2.43 bits per heavy atom. The average Bonchev–Trinajstić information content (AvgIpc) is 3.01. The summed E-state index contributed by atoms with van der Waals surface area (Å²) >= 11 is 0. The molecule has 1 aliphatic heterocycles. The maximum Gasteiger partial charge on any atom is 0.165 e. The van der Waals surface area contributed by atoms with Gasteiger partial charge in [0.15, 0.2) is 5.78 Å². The van der Waals surface area contributed by atoms with Gasteiger partial charge in [-0.15, -0.1) is 0 Å². The van der Waals surface area contributed by atoms with Crippen molar-refractivity contribution in [3.63, 3.8) is 0 Å². The quantitative estimate of drug-likeness (QED) is 0.759. The molecule has 2 fully saturated rings. The summed E-state index contributed by atoms with van der Waals surface area (Å²) in [6.45, 7) is 3.01. The van der Waals surface area contributed by atoms with Crippen LogP contribution in [0.25, 0.3) is 0 Å². The molecule has 1 saturated heterocycles. The molecule has 1 atom stereocenters. The van der Waals surface area contributed by atoms with Crippen molar-refractivity contribution in [2.24, 2.45) is 11.8 Å². The van der Waals surface area contributed by atoms with Crippen LogP contribution in [0.15, 0.2) is 24.3 Å². The lowest BCUT2D eigenvalue weighted by Gasteiger charge is -2.29. The summed E-state index contributed by atoms with van der Waals surface area (Å²) < 4.78 is 5.74. The maximum atomic E-state index is 12.5. The summed E-state index contributed by atoms with van der Waals surface area (Å²) in [6.07, 6.45) is 8.69. The summed E-state index contributed by atoms with van der Waals surface area (Å²) in [5, 5.41) is 0. The van der Waals surface area contributed by atoms with Gasteiger partial charge in [-0.2, -0.15) is 0 Å². The molecule has 3 rings (SSSR count). The maximum absolute atomic E-state index is 12.5. The number of ketones is 1. The number of rotatable bonds is 4. The first kappa shape index (κ1) is 14.8. The van der Waals surface area contributed by atoms with E-state index in [2.05, 4.69) is 6.92 Å². The molecule has 1 aromatic carbocycles. The molecule has 1 heterocycles. The fraction of sp³-hybridized carbons (Fsp3) is 0.632. The van der Waals surface area contributed by atoms with E-state index in [0.29, 0.717) is 11.9 Å². The molecule has 1 saturated carbocycles. The normalized spacial score (nSPS) is 29.5. The highest BCUT2D eigenvalue weighted by molar-refractivity contribution is 5.97. The lowest BCUT2D eigenvalue weighted by molar-refractivity contribution is 0.0732. The largest absolute Gasteiger partial charge is 0.378 e. The zero-order chi connectivity index (χ0) is 14.7. The molecule has 0 N–H and O–H groups in total. The first-order chi connectivity index (χ1) is 10.2. The standard InChI is InChI=1S/C19H26O2/c1-14-4-8-16(9-5-14)19(20)17-10-6-15(7-11-17)13-18-3-2-12-21-18/h4-5,8-9,15,17-18H,2-3,6-7,10-13H2,1H3. The van der Waals surface area contributed by atoms with E-state index in [9.17, 15) is 4.79 Å². The van der Waals surface area contributed by atoms with E-state index in [1.807, 2.05) is 24.3 Å². The topological polar surface area (TPSA) is 26.3 Å². The highest BCUT2D eigenvalue weighted by Gasteiger charge is 2.29. The van der Waals surface area contributed by atoms with Gasteiger partial charge >= 0.3 is 0 Å². The van der Waals surface area contributed by atoms with Crippen LogP contribution in [-0.2, 0) is 4.74 Å². The van der Waals surface area contributed by atoms with Crippen LogP contribution in [0.4, 0.5) is 0 Å². The fourth-order valence-corrected chi connectivity index (χ4v) is 3.82. The first-order valence-electron chi connectivity index (χ1n) is 8.45. The lowest BCUT2D eigenvalue weighted by atomic mass is 9.76. The van der Waals surface area contributed by atoms with Gasteiger partial charge in [0.2, 0.25) is 0 Å². The van der Waals surface area contributed by atoms with Gasteiger partial charge in [0, 0.05) is 18.1 Å². The minimum Gasteiger partial charge on any atom is -0.378 e. The second kappa shape index (κ2) is 6.74. The van der Waals surface area contributed by atoms with Crippen LogP contribution >= 0.6 is 0 Å². The van der Waals surface area contributed by atoms with Crippen molar-refractivity contribution in [1.82, 2.24) is 0 Å². The van der Waals surface area contributed by atoms with E-state index in [-0.39, 0.29) is 5.92 Å². The zero-order valence-corrected chi connectivity index (χ0v) is 13.0. The van der Waals surface area contributed by atoms with Crippen molar-refractivity contribution >= 4 is 5.78 Å². The second-order valence-electron chi connectivity index (χ2n) is 6.82. The SMILES string of the molecule is Cc1ccc(C(=O)C2CCC(CC3CCCO3)CC2)cc1. The van der Waals surface area contributed by atoms with Crippen LogP contribution in [0.3, 0.4) is 0 Å². The molecular weight excluding hydrogens is 260 g/mol. The van der Waals surface area contributed by atoms with E-state index in [1.54, 1.807) is 0 Å². The van der Waals surface area contributed by atoms with Crippen molar-refractivity contribution in [2.45, 2.75) is 58.0 Å². The van der Waals surface area contributed by atoms with Gasteiger partial charge in [0.25, 0.3) is 0 Å². The molecule has 0 amide bonds. The van der Waals surface area contributed by atoms with E-state index < -0.39 is 0 Å². The molecule has 21 heavy (non-hydrogen) atoms. The summed E-state index contributed by atoms with van der Waals surface area (Å²) in [7, 11) is 0. The minimum atomic E-state index is 0.244. The minimum absolute atomic E-state index is 0.244. The Morgan fingerprint density at radius 1 is 1.10 bits per heavy atom. The van der Waals surface area contributed by atoms with E-state index in [4.69, 9.17) is 4.74 Å². The second-order valence-corrected chi connectivity index (χ2v) is 6.82. The van der Waals surface area contributed by atoms with E-state index >= 15 is 0 Å². The third kappa shape index (κ3) is 3.74. The van der Waals surface area contributed by atoms with Gasteiger partial charge in [0.05, 0.1) is 6.10 Å². The highest BCUT2D eigenvalue weighted by atomic mass is 16.5. The number of hydrogen-bond donors (Lipinski definition) is 0. The molecule has 1 unspecified atom stereocenters. The van der Waals surface area contributed by atoms with Gasteiger partial charge in [-0.25, -0.2) is 0 Å². The van der Waals surface area contributed by atoms with Crippen LogP contribution in [0.2, 0.25) is 0 Å². The number of carbonyl (C=O) groups is 1. The van der Waals surface area contributed by atoms with Gasteiger partial charge in [-0.05, 0) is 57.8 Å². The number of Topliss-reactive ketones (excluding diaryl/α,β-unsaturated/α-hetero) is 1. The van der Waals surface area contributed by atoms with Gasteiger partial charge in [-0.3, -0.25) is 4.79 Å². The van der Waals surface area contributed by atoms with Crippen molar-refractivity contribution in [1.29, 1.82) is 0 Å². The third-order valence-corrected chi connectivity index (χ3v) is 5.17. The van der Waals surface area contributed by atoms with Crippen molar-refractivity contribution in [3.8, 4) is 0 Å². The Labute approximate surface area is 127 Å². The fourth-order valence-electron chi connectivity index (χ4n) is 3.82. The highest BCUT2D eigenvalue weighted by Crippen LogP contribution is 2.35. The molecule has 2 nitrogen and oxygen atoms in total. The smallest absolute Gasteiger partial charge is 0.165 e.